The Morgan fingerprint density at radius 3 is 2.28 bits per heavy atom. The molecule has 0 spiro atoms. The molecule has 4 N–H and O–H groups in total. The van der Waals surface area contributed by atoms with Gasteiger partial charge in [0.2, 0.25) is 0 Å². The van der Waals surface area contributed by atoms with Crippen LogP contribution >= 0.6 is 31.9 Å². The molecule has 2 aromatic carbocycles. The van der Waals surface area contributed by atoms with Crippen LogP contribution in [0.3, 0.4) is 0 Å². The Kier molecular flexibility index (Phi) is 8.06. The summed E-state index contributed by atoms with van der Waals surface area (Å²) in [6, 6.07) is 7.06. The van der Waals surface area contributed by atoms with Crippen LogP contribution in [0, 0.1) is 5.92 Å². The maximum atomic E-state index is 12.5. The van der Waals surface area contributed by atoms with Gasteiger partial charge in [-0.05, 0) is 73.7 Å². The van der Waals surface area contributed by atoms with Crippen LogP contribution in [0.15, 0.2) is 39.3 Å². The molecule has 1 atom stereocenters. The van der Waals surface area contributed by atoms with Crippen LogP contribution < -0.4 is 10.1 Å². The molecule has 0 fully saturated rings. The van der Waals surface area contributed by atoms with Gasteiger partial charge in [-0.1, -0.05) is 13.8 Å². The first-order chi connectivity index (χ1) is 13.6. The monoisotopic (exact) mass is 529 g/mol. The summed E-state index contributed by atoms with van der Waals surface area (Å²) in [6.07, 6.45) is -0.136. The molecule has 0 heterocycles. The van der Waals surface area contributed by atoms with E-state index in [0.717, 1.165) is 0 Å². The number of phenols is 1. The number of phenolic OH excluding ortho intramolecular Hbond substituents is 1. The zero-order chi connectivity index (χ0) is 21.7. The fourth-order valence-corrected chi connectivity index (χ4v) is 3.98. The highest BCUT2D eigenvalue weighted by Gasteiger charge is 2.20. The molecule has 0 aromatic heterocycles. The lowest BCUT2D eigenvalue weighted by Crippen LogP contribution is -2.41. The van der Waals surface area contributed by atoms with Crippen molar-refractivity contribution in [3.63, 3.8) is 0 Å². The average molecular weight is 531 g/mol. The van der Waals surface area contributed by atoms with E-state index in [9.17, 15) is 19.8 Å². The van der Waals surface area contributed by atoms with E-state index < -0.39 is 17.9 Å². The van der Waals surface area contributed by atoms with Crippen molar-refractivity contribution in [2.24, 2.45) is 5.92 Å². The molecular formula is C20H21Br2NO6. The number of carbonyl (C=O) groups is 2. The van der Waals surface area contributed by atoms with Gasteiger partial charge in [-0.3, -0.25) is 9.59 Å². The van der Waals surface area contributed by atoms with E-state index in [4.69, 9.17) is 9.84 Å². The molecule has 0 saturated carbocycles. The zero-order valence-electron chi connectivity index (χ0n) is 15.8. The average Bonchev–Trinajstić information content (AvgIpc) is 2.63. The molecule has 0 aliphatic heterocycles. The number of aliphatic hydroxyl groups is 1. The van der Waals surface area contributed by atoms with Crippen LogP contribution in [-0.2, 0) is 11.2 Å². The number of carbonyl (C=O) groups excluding carboxylic acids is 1. The molecule has 0 radical (unpaired) electrons. The third-order valence-corrected chi connectivity index (χ3v) is 5.34. The number of aliphatic carboxylic acids is 1. The van der Waals surface area contributed by atoms with Crippen LogP contribution in [-0.4, -0.2) is 39.8 Å². The Hall–Kier alpha value is -2.10. The minimum Gasteiger partial charge on any atom is -0.507 e. The summed E-state index contributed by atoms with van der Waals surface area (Å²) < 4.78 is 6.90. The smallest absolute Gasteiger partial charge is 0.307 e. The second-order valence-electron chi connectivity index (χ2n) is 6.75. The molecule has 0 aliphatic carbocycles. The summed E-state index contributed by atoms with van der Waals surface area (Å²) in [5.41, 5.74) is 0.592. The number of hydrogen-bond acceptors (Lipinski definition) is 5. The molecule has 0 saturated heterocycles. The number of nitrogens with one attached hydrogen (secondary N) is 1. The highest BCUT2D eigenvalue weighted by molar-refractivity contribution is 9.11. The summed E-state index contributed by atoms with van der Waals surface area (Å²) in [5.74, 6) is -0.992. The molecule has 2 rings (SSSR count). The summed E-state index contributed by atoms with van der Waals surface area (Å²) >= 11 is 6.72. The molecule has 9 heteroatoms. The van der Waals surface area contributed by atoms with Crippen LogP contribution in [0.4, 0.5) is 0 Å². The summed E-state index contributed by atoms with van der Waals surface area (Å²) in [4.78, 5) is 23.4. The molecule has 0 unspecified atom stereocenters. The predicted octanol–water partition coefficient (Wildman–Crippen LogP) is 4.08. The van der Waals surface area contributed by atoms with Gasteiger partial charge in [-0.25, -0.2) is 0 Å². The van der Waals surface area contributed by atoms with Crippen molar-refractivity contribution in [1.29, 1.82) is 0 Å². The summed E-state index contributed by atoms with van der Waals surface area (Å²) in [7, 11) is 0. The normalized spacial score (nSPS) is 11.9. The van der Waals surface area contributed by atoms with E-state index in [1.165, 1.54) is 18.2 Å². The van der Waals surface area contributed by atoms with Gasteiger partial charge in [0, 0.05) is 0 Å². The predicted molar refractivity (Wildman–Crippen MR) is 115 cm³/mol. The first kappa shape index (κ1) is 23.2. The third-order valence-electron chi connectivity index (χ3n) is 4.16. The van der Waals surface area contributed by atoms with Crippen molar-refractivity contribution in [1.82, 2.24) is 5.32 Å². The SMILES string of the molecule is CC(C)[C@H](CO)NC(=O)c1cc(Oc2c(Br)cc(CC(=O)O)cc2Br)ccc1O. The number of hydrogen-bond donors (Lipinski definition) is 4. The quantitative estimate of drug-likeness (QED) is 0.408. The number of benzene rings is 2. The van der Waals surface area contributed by atoms with E-state index in [-0.39, 0.29) is 30.3 Å². The fraction of sp³-hybridized carbons (Fsp3) is 0.300. The van der Waals surface area contributed by atoms with Gasteiger partial charge >= 0.3 is 5.97 Å². The topological polar surface area (TPSA) is 116 Å². The first-order valence-electron chi connectivity index (χ1n) is 8.74. The van der Waals surface area contributed by atoms with Gasteiger partial charge in [0.1, 0.15) is 11.5 Å². The van der Waals surface area contributed by atoms with Crippen LogP contribution in [0.25, 0.3) is 0 Å². The lowest BCUT2D eigenvalue weighted by molar-refractivity contribution is -0.136. The van der Waals surface area contributed by atoms with Gasteiger partial charge in [0.15, 0.2) is 5.75 Å². The lowest BCUT2D eigenvalue weighted by Gasteiger charge is -2.20. The Morgan fingerprint density at radius 1 is 1.14 bits per heavy atom. The van der Waals surface area contributed by atoms with Crippen molar-refractivity contribution in [2.45, 2.75) is 26.3 Å². The first-order valence-corrected chi connectivity index (χ1v) is 10.3. The largest absolute Gasteiger partial charge is 0.507 e. The fourth-order valence-electron chi connectivity index (χ4n) is 2.53. The minimum absolute atomic E-state index is 0.0105. The molecule has 156 valence electrons. The number of halogens is 2. The number of rotatable bonds is 8. The van der Waals surface area contributed by atoms with E-state index >= 15 is 0 Å². The minimum atomic E-state index is -0.950. The lowest BCUT2D eigenvalue weighted by atomic mass is 10.0. The highest BCUT2D eigenvalue weighted by atomic mass is 79.9. The molecule has 1 amide bonds. The number of carboxylic acid groups (broad SMARTS) is 1. The van der Waals surface area contributed by atoms with Crippen molar-refractivity contribution in [3.05, 3.63) is 50.4 Å². The molecule has 29 heavy (non-hydrogen) atoms. The number of aromatic hydroxyl groups is 1. The maximum absolute atomic E-state index is 12.5. The van der Waals surface area contributed by atoms with Crippen LogP contribution in [0.1, 0.15) is 29.8 Å². The highest BCUT2D eigenvalue weighted by Crippen LogP contribution is 2.38. The summed E-state index contributed by atoms with van der Waals surface area (Å²) in [6.45, 7) is 3.51. The number of ether oxygens (including phenoxy) is 1. The Labute approximate surface area is 185 Å². The van der Waals surface area contributed by atoms with Crippen molar-refractivity contribution in [2.75, 3.05) is 6.61 Å². The van der Waals surface area contributed by atoms with E-state index in [1.807, 2.05) is 13.8 Å². The van der Waals surface area contributed by atoms with Gasteiger partial charge in [0.05, 0.1) is 33.6 Å². The van der Waals surface area contributed by atoms with Crippen molar-refractivity contribution >= 4 is 43.7 Å². The molecule has 7 nitrogen and oxygen atoms in total. The Bertz CT molecular complexity index is 893. The standard InChI is InChI=1S/C20H21Br2NO6/c1-10(2)16(9-24)23-20(28)13-8-12(3-4-17(13)25)29-19-14(21)5-11(6-15(19)22)7-18(26)27/h3-6,8,10,16,24-25H,7,9H2,1-2H3,(H,23,28)(H,26,27)/t16-/m0/s1. The molecule has 0 bridgehead atoms. The molecular weight excluding hydrogens is 510 g/mol. The number of amides is 1. The van der Waals surface area contributed by atoms with Gasteiger partial charge in [-0.15, -0.1) is 0 Å². The third kappa shape index (κ3) is 6.19. The summed E-state index contributed by atoms with van der Waals surface area (Å²) in [5, 5.41) is 31.1. The van der Waals surface area contributed by atoms with Gasteiger partial charge in [-0.2, -0.15) is 0 Å². The van der Waals surface area contributed by atoms with Gasteiger partial charge in [0.25, 0.3) is 5.91 Å². The maximum Gasteiger partial charge on any atom is 0.307 e. The second-order valence-corrected chi connectivity index (χ2v) is 8.46. The molecule has 2 aromatic rings. The van der Waals surface area contributed by atoms with E-state index in [2.05, 4.69) is 37.2 Å². The van der Waals surface area contributed by atoms with Crippen molar-refractivity contribution in [3.8, 4) is 17.2 Å². The molecule has 0 aliphatic rings. The van der Waals surface area contributed by atoms with Crippen LogP contribution in [0.2, 0.25) is 0 Å². The van der Waals surface area contributed by atoms with Gasteiger partial charge < -0.3 is 25.4 Å². The van der Waals surface area contributed by atoms with E-state index in [0.29, 0.717) is 26.0 Å². The number of carboxylic acids is 1. The van der Waals surface area contributed by atoms with Crippen molar-refractivity contribution < 1.29 is 29.6 Å². The second kappa shape index (κ2) is 10.1. The van der Waals surface area contributed by atoms with E-state index in [1.54, 1.807) is 12.1 Å². The van der Waals surface area contributed by atoms with Crippen LogP contribution in [0.5, 0.6) is 17.2 Å². The number of aliphatic hydroxyl groups excluding tert-OH is 1. The Morgan fingerprint density at radius 2 is 1.76 bits per heavy atom. The zero-order valence-corrected chi connectivity index (χ0v) is 18.9. The Balaban J connectivity index is 2.28.